The normalized spacial score (nSPS) is 11.5. The summed E-state index contributed by atoms with van der Waals surface area (Å²) in [6, 6.07) is 38.0. The van der Waals surface area contributed by atoms with Crippen LogP contribution >= 0.6 is 7.26 Å². The highest BCUT2D eigenvalue weighted by Crippen LogP contribution is 2.61. The average molecular weight is 498 g/mol. The van der Waals surface area contributed by atoms with Crippen LogP contribution in [-0.2, 0) is 9.59 Å². The molecule has 0 radical (unpaired) electrons. The lowest BCUT2D eigenvalue weighted by atomic mass is 10.1. The van der Waals surface area contributed by atoms with Gasteiger partial charge in [0.05, 0.1) is 0 Å². The number of para-hydroxylation sites is 1. The number of hydrogen-bond acceptors (Lipinski definition) is 3. The maximum Gasteiger partial charge on any atom is 0.266 e. The molecule has 0 fully saturated rings. The van der Waals surface area contributed by atoms with Crippen LogP contribution in [0.15, 0.2) is 109 Å². The van der Waals surface area contributed by atoms with Gasteiger partial charge in [0.25, 0.3) is 5.91 Å². The molecule has 1 amide bonds. The first kappa shape index (κ1) is 26.8. The minimum absolute atomic E-state index is 0.0831. The van der Waals surface area contributed by atoms with Crippen LogP contribution in [0.2, 0.25) is 0 Å². The molecule has 0 aliphatic heterocycles. The summed E-state index contributed by atoms with van der Waals surface area (Å²) in [5.41, 5.74) is 2.89. The van der Waals surface area contributed by atoms with Crippen molar-refractivity contribution in [2.75, 3.05) is 5.32 Å². The molecule has 1 unspecified atom stereocenters. The van der Waals surface area contributed by atoms with Crippen LogP contribution in [0.5, 0.6) is 0 Å². The fourth-order valence-electron chi connectivity index (χ4n) is 4.83. The van der Waals surface area contributed by atoms with Gasteiger partial charge in [-0.25, -0.2) is 0 Å². The molecular weight excluding hydrogens is 465 g/mol. The van der Waals surface area contributed by atoms with Gasteiger partial charge in [-0.05, 0) is 67.8 Å². The first-order chi connectivity index (χ1) is 17.5. The van der Waals surface area contributed by atoms with Crippen molar-refractivity contribution >= 4 is 41.2 Å². The lowest BCUT2D eigenvalue weighted by Crippen LogP contribution is -2.44. The third-order valence-electron chi connectivity index (χ3n) is 6.38. The number of rotatable bonds is 7. The molecule has 5 heteroatoms. The van der Waals surface area contributed by atoms with E-state index in [1.807, 2.05) is 24.3 Å². The minimum atomic E-state index is -2.30. The van der Waals surface area contributed by atoms with Gasteiger partial charge in [-0.15, -0.1) is 0 Å². The molecule has 0 saturated heterocycles. The molecule has 4 rings (SSSR count). The second-order valence-corrected chi connectivity index (χ2v) is 12.1. The third kappa shape index (κ3) is 5.56. The minimum Gasteiger partial charge on any atom is -0.554 e. The summed E-state index contributed by atoms with van der Waals surface area (Å²) in [6.45, 7) is 5.74. The average Bonchev–Trinajstić information content (AvgIpc) is 2.91. The van der Waals surface area contributed by atoms with E-state index in [1.165, 1.54) is 15.9 Å². The van der Waals surface area contributed by atoms with E-state index in [4.69, 9.17) is 9.90 Å². The fourth-order valence-corrected chi connectivity index (χ4v) is 9.70. The van der Waals surface area contributed by atoms with Gasteiger partial charge in [0.15, 0.2) is 5.66 Å². The zero-order chi connectivity index (χ0) is 26.0. The zero-order valence-corrected chi connectivity index (χ0v) is 21.8. The predicted octanol–water partition coefficient (Wildman–Crippen LogP) is 4.38. The van der Waals surface area contributed by atoms with Crippen molar-refractivity contribution in [2.24, 2.45) is 0 Å². The molecule has 0 aromatic heterocycles. The zero-order valence-electron chi connectivity index (χ0n) is 20.9. The molecular formula is C31H32NO3P. The van der Waals surface area contributed by atoms with E-state index in [2.05, 4.69) is 111 Å². The summed E-state index contributed by atoms with van der Waals surface area (Å²) in [7, 11) is -2.30. The monoisotopic (exact) mass is 497 g/mol. The summed E-state index contributed by atoms with van der Waals surface area (Å²) >= 11 is 0. The second-order valence-electron chi connectivity index (χ2n) is 8.51. The molecule has 4 aromatic rings. The number of carbonyl (C=O) groups excluding carboxylic acids is 2. The van der Waals surface area contributed by atoms with Gasteiger partial charge < -0.3 is 15.2 Å². The van der Waals surface area contributed by atoms with E-state index in [0.717, 1.165) is 23.2 Å². The Morgan fingerprint density at radius 3 is 1.44 bits per heavy atom. The maximum absolute atomic E-state index is 14.1. The van der Waals surface area contributed by atoms with Crippen LogP contribution in [0.25, 0.3) is 0 Å². The standard InChI is InChI=1S/C30H30NOP.CH2O2/c1-4-28(30(32)31-29-23(2)15-14-16-24(29)3)33(25-17-8-5-9-18-25,26-19-10-6-11-20-26)27-21-12-7-13-22-27;2-1-3/h5-22,28H,4H2,1-3H3;1H,(H,2,3). The molecule has 0 aliphatic rings. The van der Waals surface area contributed by atoms with E-state index in [0.29, 0.717) is 0 Å². The van der Waals surface area contributed by atoms with Gasteiger partial charge in [-0.2, -0.15) is 0 Å². The molecule has 1 atom stereocenters. The first-order valence-electron chi connectivity index (χ1n) is 12.0. The van der Waals surface area contributed by atoms with E-state index >= 15 is 0 Å². The van der Waals surface area contributed by atoms with Crippen LogP contribution in [0.1, 0.15) is 24.5 Å². The Kier molecular flexibility index (Phi) is 9.55. The van der Waals surface area contributed by atoms with Crippen LogP contribution in [0.3, 0.4) is 0 Å². The van der Waals surface area contributed by atoms with Crippen LogP contribution < -0.4 is 26.3 Å². The number of amides is 1. The largest absolute Gasteiger partial charge is 0.554 e. The summed E-state index contributed by atoms with van der Waals surface area (Å²) in [4.78, 5) is 22.4. The molecule has 184 valence electrons. The highest BCUT2D eigenvalue weighted by Gasteiger charge is 2.54. The molecule has 0 aliphatic carbocycles. The Labute approximate surface area is 214 Å². The Hall–Kier alpha value is -3.75. The van der Waals surface area contributed by atoms with Gasteiger partial charge in [-0.1, -0.05) is 79.7 Å². The van der Waals surface area contributed by atoms with Crippen molar-refractivity contribution in [1.29, 1.82) is 0 Å². The van der Waals surface area contributed by atoms with Crippen molar-refractivity contribution < 1.29 is 14.7 Å². The Bertz CT molecular complexity index is 1140. The molecule has 0 bridgehead atoms. The molecule has 1 N–H and O–H groups in total. The Morgan fingerprint density at radius 1 is 0.750 bits per heavy atom. The number of carbonyl (C=O) groups is 2. The van der Waals surface area contributed by atoms with Crippen molar-refractivity contribution in [1.82, 2.24) is 0 Å². The van der Waals surface area contributed by atoms with Crippen molar-refractivity contribution in [3.05, 3.63) is 120 Å². The predicted molar refractivity (Wildman–Crippen MR) is 150 cm³/mol. The molecule has 0 heterocycles. The molecule has 4 nitrogen and oxygen atoms in total. The van der Waals surface area contributed by atoms with Gasteiger partial charge in [0.1, 0.15) is 23.2 Å². The molecule has 4 aromatic carbocycles. The first-order valence-corrected chi connectivity index (χ1v) is 13.8. The summed E-state index contributed by atoms with van der Waals surface area (Å²) in [6.07, 6.45) is 0.739. The van der Waals surface area contributed by atoms with E-state index in [1.54, 1.807) is 0 Å². The van der Waals surface area contributed by atoms with Gasteiger partial charge in [0, 0.05) is 12.2 Å². The lowest BCUT2D eigenvalue weighted by Gasteiger charge is -2.33. The van der Waals surface area contributed by atoms with E-state index in [9.17, 15) is 4.79 Å². The number of carboxylic acid groups (broad SMARTS) is 1. The van der Waals surface area contributed by atoms with Crippen LogP contribution in [-0.4, -0.2) is 18.0 Å². The van der Waals surface area contributed by atoms with Crippen LogP contribution in [0, 0.1) is 13.8 Å². The number of benzene rings is 4. The van der Waals surface area contributed by atoms with Crippen molar-refractivity contribution in [3.63, 3.8) is 0 Å². The summed E-state index contributed by atoms with van der Waals surface area (Å²) < 4.78 is 0. The Balaban J connectivity index is 0.00000115. The number of aryl methyl sites for hydroxylation is 2. The molecule has 0 saturated carbocycles. The maximum atomic E-state index is 14.1. The second kappa shape index (κ2) is 12.8. The summed E-state index contributed by atoms with van der Waals surface area (Å²) in [5, 5.41) is 15.3. The van der Waals surface area contributed by atoms with Gasteiger partial charge in [0.2, 0.25) is 0 Å². The Morgan fingerprint density at radius 2 is 1.11 bits per heavy atom. The highest BCUT2D eigenvalue weighted by atomic mass is 31.2. The summed E-state index contributed by atoms with van der Waals surface area (Å²) in [5.74, 6) is 0.0831. The van der Waals surface area contributed by atoms with Crippen molar-refractivity contribution in [2.45, 2.75) is 32.9 Å². The topological polar surface area (TPSA) is 69.2 Å². The number of anilines is 1. The van der Waals surface area contributed by atoms with Gasteiger partial charge in [-0.3, -0.25) is 4.79 Å². The lowest BCUT2D eigenvalue weighted by molar-refractivity contribution is -0.283. The van der Waals surface area contributed by atoms with E-state index in [-0.39, 0.29) is 11.6 Å². The fraction of sp³-hybridized carbons (Fsp3) is 0.161. The van der Waals surface area contributed by atoms with Crippen molar-refractivity contribution in [3.8, 4) is 0 Å². The SMILES string of the molecule is CCC(C(=O)Nc1c(C)cccc1C)[P+](c1ccccc1)(c1ccccc1)c1ccccc1.O=C[O-]. The third-order valence-corrected chi connectivity index (χ3v) is 11.2. The number of nitrogens with one attached hydrogen (secondary N) is 1. The smallest absolute Gasteiger partial charge is 0.266 e. The van der Waals surface area contributed by atoms with Crippen LogP contribution in [0.4, 0.5) is 5.69 Å². The van der Waals surface area contributed by atoms with Gasteiger partial charge >= 0.3 is 0 Å². The van der Waals surface area contributed by atoms with E-state index < -0.39 is 13.7 Å². The highest BCUT2D eigenvalue weighted by molar-refractivity contribution is 7.96. The number of hydrogen-bond donors (Lipinski definition) is 1. The molecule has 36 heavy (non-hydrogen) atoms. The quantitative estimate of drug-likeness (QED) is 0.304. The molecule has 0 spiro atoms.